The highest BCUT2D eigenvalue weighted by Gasteiger charge is 2.23. The summed E-state index contributed by atoms with van der Waals surface area (Å²) < 4.78 is 0. The molecule has 0 atom stereocenters. The summed E-state index contributed by atoms with van der Waals surface area (Å²) >= 11 is 11.6. The normalized spacial score (nSPS) is 15.3. The van der Waals surface area contributed by atoms with Gasteiger partial charge in [0.05, 0.1) is 4.92 Å². The third kappa shape index (κ3) is 3.29. The standard InChI is InChI=1S/C16H9Cl2N3O3/c17-11-4-1-9(2-5-11)7-13-16(22)20-15(19-13)10-3-6-12(18)14(8-10)21(23)24/h1-8H,(H,19,20,22)/b13-7-. The Balaban J connectivity index is 1.96. The molecule has 0 aliphatic carbocycles. The zero-order valence-electron chi connectivity index (χ0n) is 12.0. The molecular weight excluding hydrogens is 353 g/mol. The van der Waals surface area contributed by atoms with Crippen LogP contribution in [0.2, 0.25) is 10.0 Å². The van der Waals surface area contributed by atoms with Gasteiger partial charge in [-0.15, -0.1) is 0 Å². The Labute approximate surface area is 146 Å². The Bertz CT molecular complexity index is 905. The lowest BCUT2D eigenvalue weighted by atomic mass is 10.2. The van der Waals surface area contributed by atoms with Crippen molar-refractivity contribution in [1.82, 2.24) is 5.32 Å². The quantitative estimate of drug-likeness (QED) is 0.512. The molecule has 1 aliphatic rings. The molecular formula is C16H9Cl2N3O3. The molecule has 1 heterocycles. The van der Waals surface area contributed by atoms with Crippen LogP contribution >= 0.6 is 23.2 Å². The molecule has 3 rings (SSSR count). The summed E-state index contributed by atoms with van der Waals surface area (Å²) in [6.07, 6.45) is 1.60. The first-order valence-corrected chi connectivity index (χ1v) is 7.51. The van der Waals surface area contributed by atoms with E-state index < -0.39 is 10.8 Å². The molecule has 2 aromatic carbocycles. The Morgan fingerprint density at radius 3 is 2.50 bits per heavy atom. The molecule has 1 aliphatic heterocycles. The monoisotopic (exact) mass is 361 g/mol. The van der Waals surface area contributed by atoms with Crippen LogP contribution in [-0.4, -0.2) is 16.7 Å². The SMILES string of the molecule is O=C1NC(c2ccc(Cl)c([N+](=O)[O-])c2)=N/C1=C\c1ccc(Cl)cc1. The summed E-state index contributed by atoms with van der Waals surface area (Å²) in [5.41, 5.74) is 1.11. The van der Waals surface area contributed by atoms with E-state index >= 15 is 0 Å². The van der Waals surface area contributed by atoms with E-state index in [1.165, 1.54) is 12.1 Å². The van der Waals surface area contributed by atoms with Crippen LogP contribution in [0.25, 0.3) is 6.08 Å². The third-order valence-electron chi connectivity index (χ3n) is 3.29. The van der Waals surface area contributed by atoms with Crippen LogP contribution in [0.3, 0.4) is 0 Å². The maximum absolute atomic E-state index is 12.0. The van der Waals surface area contributed by atoms with Crippen LogP contribution in [-0.2, 0) is 4.79 Å². The summed E-state index contributed by atoms with van der Waals surface area (Å²) in [5.74, 6) is -0.155. The average molecular weight is 362 g/mol. The third-order valence-corrected chi connectivity index (χ3v) is 3.86. The molecule has 0 saturated heterocycles. The first-order valence-electron chi connectivity index (χ1n) is 6.75. The number of nitrogens with zero attached hydrogens (tertiary/aromatic N) is 2. The van der Waals surface area contributed by atoms with Gasteiger partial charge in [-0.05, 0) is 35.9 Å². The minimum atomic E-state index is -0.590. The molecule has 0 saturated carbocycles. The van der Waals surface area contributed by atoms with Gasteiger partial charge in [0.15, 0.2) is 0 Å². The van der Waals surface area contributed by atoms with E-state index in [-0.39, 0.29) is 22.2 Å². The highest BCUT2D eigenvalue weighted by Crippen LogP contribution is 2.26. The van der Waals surface area contributed by atoms with Gasteiger partial charge in [-0.3, -0.25) is 14.9 Å². The van der Waals surface area contributed by atoms with Crippen molar-refractivity contribution in [2.24, 2.45) is 4.99 Å². The van der Waals surface area contributed by atoms with Crippen molar-refractivity contribution in [3.05, 3.63) is 79.4 Å². The molecule has 6 nitrogen and oxygen atoms in total. The smallest absolute Gasteiger partial charge is 0.288 e. The minimum absolute atomic E-state index is 0.0191. The predicted molar refractivity (Wildman–Crippen MR) is 92.2 cm³/mol. The number of halogens is 2. The van der Waals surface area contributed by atoms with Crippen LogP contribution < -0.4 is 5.32 Å². The fourth-order valence-electron chi connectivity index (χ4n) is 2.12. The number of hydrogen-bond donors (Lipinski definition) is 1. The van der Waals surface area contributed by atoms with Gasteiger partial charge in [0.1, 0.15) is 16.6 Å². The zero-order chi connectivity index (χ0) is 17.3. The lowest BCUT2D eigenvalue weighted by molar-refractivity contribution is -0.384. The fraction of sp³-hybridized carbons (Fsp3) is 0. The minimum Gasteiger partial charge on any atom is -0.305 e. The lowest BCUT2D eigenvalue weighted by Crippen LogP contribution is -2.24. The molecule has 8 heteroatoms. The summed E-state index contributed by atoms with van der Waals surface area (Å²) in [5, 5.41) is 14.2. The summed E-state index contributed by atoms with van der Waals surface area (Å²) in [4.78, 5) is 26.6. The predicted octanol–water partition coefficient (Wildman–Crippen LogP) is 3.82. The number of carbonyl (C=O) groups excluding carboxylic acids is 1. The lowest BCUT2D eigenvalue weighted by Gasteiger charge is -2.01. The van der Waals surface area contributed by atoms with Crippen molar-refractivity contribution in [2.45, 2.75) is 0 Å². The number of benzene rings is 2. The molecule has 0 unspecified atom stereocenters. The second-order valence-electron chi connectivity index (χ2n) is 4.92. The average Bonchev–Trinajstić information content (AvgIpc) is 2.90. The van der Waals surface area contributed by atoms with Crippen molar-refractivity contribution in [1.29, 1.82) is 0 Å². The molecule has 1 N–H and O–H groups in total. The maximum atomic E-state index is 12.0. The van der Waals surface area contributed by atoms with Gasteiger partial charge in [-0.25, -0.2) is 4.99 Å². The van der Waals surface area contributed by atoms with Gasteiger partial charge in [-0.1, -0.05) is 35.3 Å². The number of nitrogens with one attached hydrogen (secondary N) is 1. The molecule has 0 bridgehead atoms. The molecule has 0 fully saturated rings. The number of hydrogen-bond acceptors (Lipinski definition) is 4. The second kappa shape index (κ2) is 6.43. The summed E-state index contributed by atoms with van der Waals surface area (Å²) in [6.45, 7) is 0. The van der Waals surface area contributed by atoms with E-state index in [0.29, 0.717) is 10.6 Å². The first-order chi connectivity index (χ1) is 11.4. The number of amides is 1. The molecule has 0 spiro atoms. The van der Waals surface area contributed by atoms with Gasteiger partial charge < -0.3 is 5.32 Å². The van der Waals surface area contributed by atoms with Crippen LogP contribution in [0.15, 0.2) is 53.2 Å². The van der Waals surface area contributed by atoms with E-state index in [1.807, 2.05) is 0 Å². The number of nitro groups is 1. The van der Waals surface area contributed by atoms with Crippen molar-refractivity contribution in [2.75, 3.05) is 0 Å². The number of rotatable bonds is 3. The molecule has 24 heavy (non-hydrogen) atoms. The van der Waals surface area contributed by atoms with E-state index in [0.717, 1.165) is 5.56 Å². The van der Waals surface area contributed by atoms with Gasteiger partial charge >= 0.3 is 0 Å². The van der Waals surface area contributed by atoms with Crippen molar-refractivity contribution < 1.29 is 9.72 Å². The number of amidine groups is 1. The first kappa shape index (κ1) is 16.2. The Morgan fingerprint density at radius 2 is 1.83 bits per heavy atom. The Hall–Kier alpha value is -2.70. The Morgan fingerprint density at radius 1 is 1.12 bits per heavy atom. The van der Waals surface area contributed by atoms with Gasteiger partial charge in [0.2, 0.25) is 0 Å². The van der Waals surface area contributed by atoms with E-state index in [1.54, 1.807) is 36.4 Å². The van der Waals surface area contributed by atoms with E-state index in [9.17, 15) is 14.9 Å². The van der Waals surface area contributed by atoms with Gasteiger partial charge in [-0.2, -0.15) is 0 Å². The van der Waals surface area contributed by atoms with Gasteiger partial charge in [0.25, 0.3) is 11.6 Å². The number of aliphatic imine (C=N–C) groups is 1. The van der Waals surface area contributed by atoms with Crippen LogP contribution in [0.5, 0.6) is 0 Å². The maximum Gasteiger partial charge on any atom is 0.288 e. The summed E-state index contributed by atoms with van der Waals surface area (Å²) in [7, 11) is 0. The summed E-state index contributed by atoms with van der Waals surface area (Å²) in [6, 6.07) is 11.1. The zero-order valence-corrected chi connectivity index (χ0v) is 13.5. The van der Waals surface area contributed by atoms with Crippen molar-refractivity contribution in [3.8, 4) is 0 Å². The van der Waals surface area contributed by atoms with Crippen molar-refractivity contribution in [3.63, 3.8) is 0 Å². The topological polar surface area (TPSA) is 84.6 Å². The second-order valence-corrected chi connectivity index (χ2v) is 5.76. The number of nitro benzene ring substituents is 1. The molecule has 2 aromatic rings. The largest absolute Gasteiger partial charge is 0.305 e. The molecule has 1 amide bonds. The van der Waals surface area contributed by atoms with Crippen molar-refractivity contribution >= 4 is 46.7 Å². The van der Waals surface area contributed by atoms with E-state index in [2.05, 4.69) is 10.3 Å². The number of carbonyl (C=O) groups is 1. The van der Waals surface area contributed by atoms with Gasteiger partial charge in [0, 0.05) is 16.7 Å². The Kier molecular flexibility index (Phi) is 4.33. The van der Waals surface area contributed by atoms with Crippen LogP contribution in [0.4, 0.5) is 5.69 Å². The van der Waals surface area contributed by atoms with Crippen LogP contribution in [0, 0.1) is 10.1 Å². The molecule has 0 radical (unpaired) electrons. The van der Waals surface area contributed by atoms with E-state index in [4.69, 9.17) is 23.2 Å². The molecule has 120 valence electrons. The van der Waals surface area contributed by atoms with Crippen LogP contribution in [0.1, 0.15) is 11.1 Å². The highest BCUT2D eigenvalue weighted by molar-refractivity contribution is 6.33. The molecule has 0 aromatic heterocycles. The highest BCUT2D eigenvalue weighted by atomic mass is 35.5. The fourth-order valence-corrected chi connectivity index (χ4v) is 2.43.